The van der Waals surface area contributed by atoms with E-state index in [-0.39, 0.29) is 29.9 Å². The summed E-state index contributed by atoms with van der Waals surface area (Å²) in [7, 11) is 4.64. The highest BCUT2D eigenvalue weighted by atomic mass is 16.5. The van der Waals surface area contributed by atoms with Crippen LogP contribution in [0.1, 0.15) is 42.2 Å². The molecule has 0 bridgehead atoms. The van der Waals surface area contributed by atoms with Gasteiger partial charge in [0.1, 0.15) is 0 Å². The van der Waals surface area contributed by atoms with E-state index in [0.717, 1.165) is 16.8 Å². The second-order valence-corrected chi connectivity index (χ2v) is 7.56. The summed E-state index contributed by atoms with van der Waals surface area (Å²) in [6.07, 6.45) is 1.24. The van der Waals surface area contributed by atoms with Crippen LogP contribution in [0.2, 0.25) is 0 Å². The summed E-state index contributed by atoms with van der Waals surface area (Å²) in [4.78, 5) is 25.8. The Balaban J connectivity index is 1.79. The minimum absolute atomic E-state index is 0.0591. The molecule has 2 aliphatic rings. The summed E-state index contributed by atoms with van der Waals surface area (Å²) in [5, 5.41) is 2.96. The van der Waals surface area contributed by atoms with Crippen molar-refractivity contribution >= 4 is 11.7 Å². The third-order valence-electron chi connectivity index (χ3n) is 5.92. The van der Waals surface area contributed by atoms with Crippen LogP contribution >= 0.6 is 0 Å². The number of nitrogens with one attached hydrogen (secondary N) is 1. The molecule has 1 aliphatic heterocycles. The van der Waals surface area contributed by atoms with Gasteiger partial charge in [0.25, 0.3) is 0 Å². The lowest BCUT2D eigenvalue weighted by atomic mass is 9.73. The summed E-state index contributed by atoms with van der Waals surface area (Å²) in [5.74, 6) is 1.12. The highest BCUT2D eigenvalue weighted by molar-refractivity contribution is 6.02. The van der Waals surface area contributed by atoms with Crippen molar-refractivity contribution in [3.63, 3.8) is 0 Å². The van der Waals surface area contributed by atoms with Crippen LogP contribution in [0.25, 0.3) is 0 Å². The number of amides is 1. The SMILES string of the molecule is COc1ccc([C@H]2CC(=O)NC3=C2C(=O)C[C@H](c2ccccc2)C3)c(OC)c1OC. The van der Waals surface area contributed by atoms with Gasteiger partial charge in [-0.15, -0.1) is 0 Å². The van der Waals surface area contributed by atoms with E-state index in [1.807, 2.05) is 36.4 Å². The minimum Gasteiger partial charge on any atom is -0.493 e. The summed E-state index contributed by atoms with van der Waals surface area (Å²) in [6.45, 7) is 0. The average Bonchev–Trinajstić information content (AvgIpc) is 2.77. The molecule has 2 aromatic rings. The molecule has 156 valence electrons. The monoisotopic (exact) mass is 407 g/mol. The van der Waals surface area contributed by atoms with E-state index in [2.05, 4.69) is 5.32 Å². The molecule has 1 amide bonds. The van der Waals surface area contributed by atoms with Crippen molar-refractivity contribution in [2.45, 2.75) is 31.1 Å². The summed E-state index contributed by atoms with van der Waals surface area (Å²) in [6, 6.07) is 13.6. The number of carbonyl (C=O) groups is 2. The third kappa shape index (κ3) is 3.43. The van der Waals surface area contributed by atoms with Crippen LogP contribution in [0.15, 0.2) is 53.7 Å². The molecular formula is C24H25NO5. The number of Topliss-reactive ketones (excluding diaryl/α,β-unsaturated/α-hetero) is 1. The van der Waals surface area contributed by atoms with Crippen molar-refractivity contribution in [1.29, 1.82) is 0 Å². The number of hydrogen-bond donors (Lipinski definition) is 1. The van der Waals surface area contributed by atoms with Gasteiger partial charge in [-0.2, -0.15) is 0 Å². The summed E-state index contributed by atoms with van der Waals surface area (Å²) >= 11 is 0. The van der Waals surface area contributed by atoms with Gasteiger partial charge in [0.15, 0.2) is 17.3 Å². The van der Waals surface area contributed by atoms with E-state index in [0.29, 0.717) is 35.7 Å². The van der Waals surface area contributed by atoms with Crippen molar-refractivity contribution in [3.8, 4) is 17.2 Å². The highest BCUT2D eigenvalue weighted by Gasteiger charge is 2.39. The number of allylic oxidation sites excluding steroid dienone is 2. The van der Waals surface area contributed by atoms with E-state index < -0.39 is 0 Å². The van der Waals surface area contributed by atoms with Crippen molar-refractivity contribution < 1.29 is 23.8 Å². The second kappa shape index (κ2) is 8.22. The van der Waals surface area contributed by atoms with Gasteiger partial charge in [0, 0.05) is 35.6 Å². The largest absolute Gasteiger partial charge is 0.493 e. The van der Waals surface area contributed by atoms with Gasteiger partial charge in [-0.25, -0.2) is 0 Å². The number of benzene rings is 2. The number of ketones is 1. The first-order valence-electron chi connectivity index (χ1n) is 9.97. The van der Waals surface area contributed by atoms with E-state index in [9.17, 15) is 9.59 Å². The fourth-order valence-electron chi connectivity index (χ4n) is 4.59. The average molecular weight is 407 g/mol. The number of ether oxygens (including phenoxy) is 3. The molecule has 0 saturated heterocycles. The van der Waals surface area contributed by atoms with E-state index in [4.69, 9.17) is 14.2 Å². The molecule has 6 heteroatoms. The quantitative estimate of drug-likeness (QED) is 0.818. The van der Waals surface area contributed by atoms with E-state index in [1.165, 1.54) is 0 Å². The van der Waals surface area contributed by atoms with Gasteiger partial charge in [-0.3, -0.25) is 9.59 Å². The molecule has 1 N–H and O–H groups in total. The lowest BCUT2D eigenvalue weighted by molar-refractivity contribution is -0.122. The molecule has 1 heterocycles. The second-order valence-electron chi connectivity index (χ2n) is 7.56. The molecule has 4 rings (SSSR count). The molecule has 1 aliphatic carbocycles. The Morgan fingerprint density at radius 1 is 0.833 bits per heavy atom. The van der Waals surface area contributed by atoms with Crippen LogP contribution in [-0.4, -0.2) is 33.0 Å². The number of carbonyl (C=O) groups excluding carboxylic acids is 2. The molecule has 0 radical (unpaired) electrons. The van der Waals surface area contributed by atoms with Crippen LogP contribution in [0.4, 0.5) is 0 Å². The lowest BCUT2D eigenvalue weighted by Gasteiger charge is -2.35. The predicted molar refractivity (Wildman–Crippen MR) is 112 cm³/mol. The maximum absolute atomic E-state index is 13.3. The maximum Gasteiger partial charge on any atom is 0.225 e. The van der Waals surface area contributed by atoms with E-state index in [1.54, 1.807) is 27.4 Å². The number of rotatable bonds is 5. The molecule has 2 aromatic carbocycles. The molecule has 0 fully saturated rings. The van der Waals surface area contributed by atoms with Gasteiger partial charge in [-0.05, 0) is 24.0 Å². The van der Waals surface area contributed by atoms with Gasteiger partial charge >= 0.3 is 0 Å². The van der Waals surface area contributed by atoms with Crippen LogP contribution in [0, 0.1) is 0 Å². The zero-order chi connectivity index (χ0) is 21.3. The Bertz CT molecular complexity index is 1010. The normalized spacial score (nSPS) is 21.0. The first-order chi connectivity index (χ1) is 14.6. The Labute approximate surface area is 175 Å². The third-order valence-corrected chi connectivity index (χ3v) is 5.92. The summed E-state index contributed by atoms with van der Waals surface area (Å²) in [5.41, 5.74) is 3.26. The fraction of sp³-hybridized carbons (Fsp3) is 0.333. The van der Waals surface area contributed by atoms with Gasteiger partial charge in [-0.1, -0.05) is 36.4 Å². The molecular weight excluding hydrogens is 382 g/mol. The first-order valence-corrected chi connectivity index (χ1v) is 9.97. The van der Waals surface area contributed by atoms with Crippen LogP contribution in [0.3, 0.4) is 0 Å². The van der Waals surface area contributed by atoms with Gasteiger partial charge in [0.2, 0.25) is 11.7 Å². The van der Waals surface area contributed by atoms with Crippen LogP contribution in [-0.2, 0) is 9.59 Å². The van der Waals surface area contributed by atoms with Crippen molar-refractivity contribution in [2.75, 3.05) is 21.3 Å². The Morgan fingerprint density at radius 3 is 2.23 bits per heavy atom. The minimum atomic E-state index is -0.382. The first kappa shape index (κ1) is 20.0. The molecule has 6 nitrogen and oxygen atoms in total. The smallest absolute Gasteiger partial charge is 0.225 e. The Hall–Kier alpha value is -3.28. The molecule has 0 unspecified atom stereocenters. The zero-order valence-electron chi connectivity index (χ0n) is 17.4. The highest BCUT2D eigenvalue weighted by Crippen LogP contribution is 2.49. The predicted octanol–water partition coefficient (Wildman–Crippen LogP) is 3.72. The number of hydrogen-bond acceptors (Lipinski definition) is 5. The van der Waals surface area contributed by atoms with Crippen molar-refractivity contribution in [2.24, 2.45) is 0 Å². The molecule has 30 heavy (non-hydrogen) atoms. The van der Waals surface area contributed by atoms with Crippen LogP contribution in [0.5, 0.6) is 17.2 Å². The molecule has 0 aromatic heterocycles. The Morgan fingerprint density at radius 2 is 1.57 bits per heavy atom. The van der Waals surface area contributed by atoms with Crippen LogP contribution < -0.4 is 19.5 Å². The molecule has 0 saturated carbocycles. The molecule has 2 atom stereocenters. The maximum atomic E-state index is 13.3. The number of methoxy groups -OCH3 is 3. The lowest BCUT2D eigenvalue weighted by Crippen LogP contribution is -2.38. The van der Waals surface area contributed by atoms with Crippen molar-refractivity contribution in [1.82, 2.24) is 5.32 Å². The Kier molecular flexibility index (Phi) is 5.48. The standard InChI is InChI=1S/C24H25NO5/c1-28-20-10-9-16(23(29-2)24(20)30-3)17-13-21(27)25-18-11-15(12-19(26)22(17)18)14-7-5-4-6-8-14/h4-10,15,17H,11-13H2,1-3H3,(H,25,27)/t15-,17-/m1/s1. The zero-order valence-corrected chi connectivity index (χ0v) is 17.4. The molecule has 0 spiro atoms. The fourth-order valence-corrected chi connectivity index (χ4v) is 4.59. The van der Waals surface area contributed by atoms with Gasteiger partial charge in [0.05, 0.1) is 21.3 Å². The van der Waals surface area contributed by atoms with Crippen molar-refractivity contribution in [3.05, 3.63) is 64.9 Å². The summed E-state index contributed by atoms with van der Waals surface area (Å²) < 4.78 is 16.5. The topological polar surface area (TPSA) is 73.9 Å². The van der Waals surface area contributed by atoms with E-state index >= 15 is 0 Å². The van der Waals surface area contributed by atoms with Gasteiger partial charge < -0.3 is 19.5 Å².